The zero-order valence-electron chi connectivity index (χ0n) is 17.7. The van der Waals surface area contributed by atoms with Crippen molar-refractivity contribution in [2.75, 3.05) is 18.9 Å². The van der Waals surface area contributed by atoms with Crippen LogP contribution in [0.4, 0.5) is 10.5 Å². The Balaban J connectivity index is 1.28. The molecule has 0 saturated carbocycles. The summed E-state index contributed by atoms with van der Waals surface area (Å²) in [5.41, 5.74) is 13.6. The predicted molar refractivity (Wildman–Crippen MR) is 125 cm³/mol. The van der Waals surface area contributed by atoms with Crippen LogP contribution in [0.25, 0.3) is 11.1 Å². The molecule has 0 radical (unpaired) electrons. The van der Waals surface area contributed by atoms with Crippen LogP contribution in [0.15, 0.2) is 66.7 Å². The maximum absolute atomic E-state index is 12.2. The van der Waals surface area contributed by atoms with E-state index in [-0.39, 0.29) is 5.92 Å². The number of alkyl carbamates (subject to hydrolysis) is 1. The molecular weight excluding hydrogens is 384 g/mol. The van der Waals surface area contributed by atoms with Crippen LogP contribution in [-0.4, -0.2) is 19.2 Å². The molecule has 3 aromatic carbocycles. The number of amides is 1. The molecule has 0 unspecified atom stereocenters. The van der Waals surface area contributed by atoms with Crippen LogP contribution in [0.1, 0.15) is 41.5 Å². The summed E-state index contributed by atoms with van der Waals surface area (Å²) in [5.74, 6) is 6.28. The largest absolute Gasteiger partial charge is 0.449 e. The van der Waals surface area contributed by atoms with Crippen LogP contribution in [0, 0.1) is 11.8 Å². The quantitative estimate of drug-likeness (QED) is 0.349. The second-order valence-electron chi connectivity index (χ2n) is 7.57. The first-order valence-corrected chi connectivity index (χ1v) is 10.6. The number of nitrogen functional groups attached to an aromatic ring is 1. The maximum Gasteiger partial charge on any atom is 0.407 e. The summed E-state index contributed by atoms with van der Waals surface area (Å²) in [5, 5.41) is 2.79. The number of ether oxygens (including phenoxy) is 1. The highest BCUT2D eigenvalue weighted by Gasteiger charge is 2.28. The Hall–Kier alpha value is -3.71. The summed E-state index contributed by atoms with van der Waals surface area (Å²) in [4.78, 5) is 12.2. The molecule has 1 amide bonds. The molecule has 156 valence electrons. The van der Waals surface area contributed by atoms with Crippen molar-refractivity contribution in [3.05, 3.63) is 89.0 Å². The summed E-state index contributed by atoms with van der Waals surface area (Å²) in [6.07, 6.45) is 1.02. The van der Waals surface area contributed by atoms with Gasteiger partial charge in [0.1, 0.15) is 6.61 Å². The van der Waals surface area contributed by atoms with Crippen molar-refractivity contribution in [3.8, 4) is 23.0 Å². The molecule has 3 N–H and O–H groups in total. The topological polar surface area (TPSA) is 64.3 Å². The van der Waals surface area contributed by atoms with Crippen molar-refractivity contribution in [1.82, 2.24) is 5.32 Å². The van der Waals surface area contributed by atoms with Crippen LogP contribution in [0.3, 0.4) is 0 Å². The van der Waals surface area contributed by atoms with Crippen molar-refractivity contribution >= 4 is 11.8 Å². The number of aryl methyl sites for hydroxylation is 1. The Morgan fingerprint density at radius 3 is 2.39 bits per heavy atom. The summed E-state index contributed by atoms with van der Waals surface area (Å²) in [6.45, 7) is 2.83. The maximum atomic E-state index is 12.2. The van der Waals surface area contributed by atoms with E-state index < -0.39 is 6.09 Å². The molecule has 1 aliphatic carbocycles. The average molecular weight is 411 g/mol. The number of carbonyl (C=O) groups excluding carboxylic acids is 1. The molecule has 3 aromatic rings. The smallest absolute Gasteiger partial charge is 0.407 e. The first-order valence-electron chi connectivity index (χ1n) is 10.6. The fourth-order valence-electron chi connectivity index (χ4n) is 4.03. The normalized spacial score (nSPS) is 11.8. The Morgan fingerprint density at radius 2 is 1.71 bits per heavy atom. The van der Waals surface area contributed by atoms with Crippen molar-refractivity contribution in [2.24, 2.45) is 0 Å². The fraction of sp³-hybridized carbons (Fsp3) is 0.222. The van der Waals surface area contributed by atoms with Gasteiger partial charge in [0.05, 0.1) is 0 Å². The number of nitrogens with one attached hydrogen (secondary N) is 1. The molecule has 0 spiro atoms. The van der Waals surface area contributed by atoms with Crippen LogP contribution in [0.5, 0.6) is 0 Å². The van der Waals surface area contributed by atoms with Gasteiger partial charge in [0, 0.05) is 30.1 Å². The highest BCUT2D eigenvalue weighted by molar-refractivity contribution is 5.79. The van der Waals surface area contributed by atoms with Gasteiger partial charge in [0.2, 0.25) is 0 Å². The Morgan fingerprint density at radius 1 is 1.03 bits per heavy atom. The lowest BCUT2D eigenvalue weighted by Crippen LogP contribution is -2.26. The first-order chi connectivity index (χ1) is 15.2. The van der Waals surface area contributed by atoms with E-state index in [9.17, 15) is 4.79 Å². The van der Waals surface area contributed by atoms with Crippen LogP contribution < -0.4 is 11.1 Å². The average Bonchev–Trinajstić information content (AvgIpc) is 3.12. The molecule has 4 rings (SSSR count). The third kappa shape index (κ3) is 4.57. The molecule has 0 aliphatic heterocycles. The Labute approximate surface area is 183 Å². The SMILES string of the molecule is CCc1cc(C#CCCNC(=O)OCC2c3ccccc3-c3ccccc32)ccc1N. The van der Waals surface area contributed by atoms with Gasteiger partial charge in [0.15, 0.2) is 0 Å². The van der Waals surface area contributed by atoms with E-state index in [0.717, 1.165) is 23.2 Å². The van der Waals surface area contributed by atoms with Crippen LogP contribution in [0.2, 0.25) is 0 Å². The van der Waals surface area contributed by atoms with Gasteiger partial charge in [-0.15, -0.1) is 0 Å². The molecular formula is C27H26N2O2. The van der Waals surface area contributed by atoms with Crippen molar-refractivity contribution < 1.29 is 9.53 Å². The van der Waals surface area contributed by atoms with Gasteiger partial charge >= 0.3 is 6.09 Å². The second kappa shape index (κ2) is 9.40. The summed E-state index contributed by atoms with van der Waals surface area (Å²) in [6, 6.07) is 22.4. The summed E-state index contributed by atoms with van der Waals surface area (Å²) < 4.78 is 5.54. The van der Waals surface area contributed by atoms with Gasteiger partial charge in [-0.25, -0.2) is 4.79 Å². The predicted octanol–water partition coefficient (Wildman–Crippen LogP) is 5.11. The van der Waals surface area contributed by atoms with E-state index in [1.165, 1.54) is 22.3 Å². The monoisotopic (exact) mass is 410 g/mol. The molecule has 0 fully saturated rings. The van der Waals surface area contributed by atoms with E-state index in [1.807, 2.05) is 42.5 Å². The number of anilines is 1. The van der Waals surface area contributed by atoms with Crippen molar-refractivity contribution in [3.63, 3.8) is 0 Å². The molecule has 31 heavy (non-hydrogen) atoms. The van der Waals surface area contributed by atoms with Gasteiger partial charge in [-0.05, 0) is 52.4 Å². The summed E-state index contributed by atoms with van der Waals surface area (Å²) in [7, 11) is 0. The lowest BCUT2D eigenvalue weighted by molar-refractivity contribution is 0.143. The number of nitrogens with two attached hydrogens (primary N) is 1. The fourth-order valence-corrected chi connectivity index (χ4v) is 4.03. The summed E-state index contributed by atoms with van der Waals surface area (Å²) >= 11 is 0. The molecule has 0 saturated heterocycles. The van der Waals surface area contributed by atoms with Crippen molar-refractivity contribution in [2.45, 2.75) is 25.7 Å². The molecule has 0 aromatic heterocycles. The van der Waals surface area contributed by atoms with E-state index in [2.05, 4.69) is 48.3 Å². The van der Waals surface area contributed by atoms with E-state index in [1.54, 1.807) is 0 Å². The third-order valence-corrected chi connectivity index (χ3v) is 5.62. The number of hydrogen-bond acceptors (Lipinski definition) is 3. The zero-order valence-corrected chi connectivity index (χ0v) is 17.7. The van der Waals surface area contributed by atoms with Crippen molar-refractivity contribution in [1.29, 1.82) is 0 Å². The van der Waals surface area contributed by atoms with E-state index in [0.29, 0.717) is 19.6 Å². The number of fused-ring (bicyclic) bond motifs is 3. The highest BCUT2D eigenvalue weighted by Crippen LogP contribution is 2.44. The number of carbonyl (C=O) groups is 1. The second-order valence-corrected chi connectivity index (χ2v) is 7.57. The Kier molecular flexibility index (Phi) is 6.24. The van der Waals surface area contributed by atoms with E-state index >= 15 is 0 Å². The lowest BCUT2D eigenvalue weighted by atomic mass is 9.98. The molecule has 0 bridgehead atoms. The third-order valence-electron chi connectivity index (χ3n) is 5.62. The molecule has 0 heterocycles. The highest BCUT2D eigenvalue weighted by atomic mass is 16.5. The van der Waals surface area contributed by atoms with Gasteiger partial charge < -0.3 is 15.8 Å². The molecule has 0 atom stereocenters. The van der Waals surface area contributed by atoms with Gasteiger partial charge in [0.25, 0.3) is 0 Å². The van der Waals surface area contributed by atoms with Crippen LogP contribution in [-0.2, 0) is 11.2 Å². The Bertz CT molecular complexity index is 1110. The zero-order chi connectivity index (χ0) is 21.6. The molecule has 4 heteroatoms. The lowest BCUT2D eigenvalue weighted by Gasteiger charge is -2.14. The number of hydrogen-bond donors (Lipinski definition) is 2. The van der Waals surface area contributed by atoms with E-state index in [4.69, 9.17) is 10.5 Å². The standard InChI is InChI=1S/C27H26N2O2/c1-2-20-17-19(14-15-26(20)28)9-7-8-16-29-27(30)31-18-25-23-12-5-3-10-21(23)22-11-4-6-13-24(22)25/h3-6,10-15,17,25H,2,8,16,18,28H2,1H3,(H,29,30). The van der Waals surface area contributed by atoms with Gasteiger partial charge in [-0.3, -0.25) is 0 Å². The number of rotatable bonds is 5. The minimum absolute atomic E-state index is 0.0659. The first kappa shape index (κ1) is 20.6. The molecule has 1 aliphatic rings. The van der Waals surface area contributed by atoms with Gasteiger partial charge in [-0.1, -0.05) is 67.3 Å². The minimum atomic E-state index is -0.413. The molecule has 4 nitrogen and oxygen atoms in total. The van der Waals surface area contributed by atoms with Gasteiger partial charge in [-0.2, -0.15) is 0 Å². The van der Waals surface area contributed by atoms with Crippen LogP contribution >= 0.6 is 0 Å². The minimum Gasteiger partial charge on any atom is -0.449 e. The number of benzene rings is 3.